The number of hydrogen-bond donors (Lipinski definition) is 0. The SMILES string of the molecule is CC(C)N(C(=O)Cn1nnc(-c2ccccc2Br)n1)C(C)C. The largest absolute Gasteiger partial charge is 0.336 e. The normalized spacial score (nSPS) is 11.2. The fourth-order valence-corrected chi connectivity index (χ4v) is 2.90. The van der Waals surface area contributed by atoms with E-state index in [9.17, 15) is 4.79 Å². The van der Waals surface area contributed by atoms with Gasteiger partial charge in [-0.05, 0) is 45.0 Å². The van der Waals surface area contributed by atoms with E-state index in [-0.39, 0.29) is 24.5 Å². The molecule has 118 valence electrons. The van der Waals surface area contributed by atoms with Crippen LogP contribution < -0.4 is 0 Å². The van der Waals surface area contributed by atoms with E-state index in [0.29, 0.717) is 5.82 Å². The van der Waals surface area contributed by atoms with Crippen LogP contribution in [0.4, 0.5) is 0 Å². The number of carbonyl (C=O) groups is 1. The number of halogens is 1. The van der Waals surface area contributed by atoms with Gasteiger partial charge in [0.1, 0.15) is 6.54 Å². The molecule has 0 fully saturated rings. The Hall–Kier alpha value is -1.76. The van der Waals surface area contributed by atoms with Crippen LogP contribution in [-0.2, 0) is 11.3 Å². The number of tetrazole rings is 1. The van der Waals surface area contributed by atoms with Gasteiger partial charge >= 0.3 is 0 Å². The second kappa shape index (κ2) is 7.00. The Morgan fingerprint density at radius 3 is 2.45 bits per heavy atom. The van der Waals surface area contributed by atoms with Crippen molar-refractivity contribution in [3.63, 3.8) is 0 Å². The molecule has 1 amide bonds. The van der Waals surface area contributed by atoms with Gasteiger partial charge in [-0.15, -0.1) is 10.2 Å². The zero-order valence-electron chi connectivity index (χ0n) is 13.2. The van der Waals surface area contributed by atoms with Crippen molar-refractivity contribution in [2.45, 2.75) is 46.3 Å². The lowest BCUT2D eigenvalue weighted by atomic mass is 10.2. The molecule has 0 saturated carbocycles. The highest BCUT2D eigenvalue weighted by molar-refractivity contribution is 9.10. The molecule has 7 heteroatoms. The molecule has 0 aliphatic rings. The molecule has 0 radical (unpaired) electrons. The summed E-state index contributed by atoms with van der Waals surface area (Å²) in [5.41, 5.74) is 0.853. The number of aromatic nitrogens is 4. The molecule has 6 nitrogen and oxygen atoms in total. The molecule has 2 aromatic rings. The summed E-state index contributed by atoms with van der Waals surface area (Å²) in [4.78, 5) is 15.6. The fourth-order valence-electron chi connectivity index (χ4n) is 2.44. The second-order valence-electron chi connectivity index (χ2n) is 5.61. The zero-order valence-corrected chi connectivity index (χ0v) is 14.8. The van der Waals surface area contributed by atoms with E-state index in [0.717, 1.165) is 10.0 Å². The predicted molar refractivity (Wildman–Crippen MR) is 88.1 cm³/mol. The van der Waals surface area contributed by atoms with Gasteiger partial charge in [-0.2, -0.15) is 4.80 Å². The Bertz CT molecular complexity index is 645. The third-order valence-corrected chi connectivity index (χ3v) is 3.94. The topological polar surface area (TPSA) is 63.9 Å². The van der Waals surface area contributed by atoms with Crippen molar-refractivity contribution in [2.24, 2.45) is 0 Å². The summed E-state index contributed by atoms with van der Waals surface area (Å²) >= 11 is 3.46. The molecule has 0 aliphatic carbocycles. The molecular formula is C15H20BrN5O. The van der Waals surface area contributed by atoms with E-state index in [4.69, 9.17) is 0 Å². The summed E-state index contributed by atoms with van der Waals surface area (Å²) in [6.45, 7) is 8.09. The first-order chi connectivity index (χ1) is 10.4. The molecule has 0 saturated heterocycles. The van der Waals surface area contributed by atoms with E-state index in [1.165, 1.54) is 4.80 Å². The van der Waals surface area contributed by atoms with Gasteiger partial charge in [-0.3, -0.25) is 4.79 Å². The standard InChI is InChI=1S/C15H20BrN5O/c1-10(2)21(11(3)4)14(22)9-20-18-15(17-19-20)12-7-5-6-8-13(12)16/h5-8,10-11H,9H2,1-4H3. The van der Waals surface area contributed by atoms with Crippen molar-refractivity contribution in [1.29, 1.82) is 0 Å². The molecule has 0 bridgehead atoms. The number of carbonyl (C=O) groups excluding carboxylic acids is 1. The molecule has 0 unspecified atom stereocenters. The maximum Gasteiger partial charge on any atom is 0.246 e. The average molecular weight is 366 g/mol. The van der Waals surface area contributed by atoms with Crippen LogP contribution in [0.2, 0.25) is 0 Å². The zero-order chi connectivity index (χ0) is 16.3. The Morgan fingerprint density at radius 1 is 1.23 bits per heavy atom. The van der Waals surface area contributed by atoms with Crippen LogP contribution in [0.3, 0.4) is 0 Å². The Kier molecular flexibility index (Phi) is 5.28. The summed E-state index contributed by atoms with van der Waals surface area (Å²) < 4.78 is 0.895. The highest BCUT2D eigenvalue weighted by atomic mass is 79.9. The third kappa shape index (κ3) is 3.71. The Labute approximate surface area is 138 Å². The summed E-state index contributed by atoms with van der Waals surface area (Å²) in [6, 6.07) is 7.93. The lowest BCUT2D eigenvalue weighted by molar-refractivity contribution is -0.135. The van der Waals surface area contributed by atoms with E-state index in [1.807, 2.05) is 56.9 Å². The maximum atomic E-state index is 12.4. The van der Waals surface area contributed by atoms with Gasteiger partial charge in [0, 0.05) is 22.1 Å². The molecule has 0 aliphatic heterocycles. The van der Waals surface area contributed by atoms with Crippen LogP contribution in [0, 0.1) is 0 Å². The monoisotopic (exact) mass is 365 g/mol. The lowest BCUT2D eigenvalue weighted by Crippen LogP contribution is -2.44. The molecule has 22 heavy (non-hydrogen) atoms. The van der Waals surface area contributed by atoms with Crippen LogP contribution in [0.1, 0.15) is 27.7 Å². The number of benzene rings is 1. The average Bonchev–Trinajstić information content (AvgIpc) is 2.86. The van der Waals surface area contributed by atoms with Gasteiger partial charge in [-0.25, -0.2) is 0 Å². The molecule has 0 atom stereocenters. The van der Waals surface area contributed by atoms with Crippen molar-refractivity contribution in [3.05, 3.63) is 28.7 Å². The summed E-state index contributed by atoms with van der Waals surface area (Å²) in [6.07, 6.45) is 0. The maximum absolute atomic E-state index is 12.4. The first kappa shape index (κ1) is 16.6. The van der Waals surface area contributed by atoms with Crippen LogP contribution >= 0.6 is 15.9 Å². The van der Waals surface area contributed by atoms with Crippen LogP contribution in [0.15, 0.2) is 28.7 Å². The first-order valence-electron chi connectivity index (χ1n) is 7.24. The summed E-state index contributed by atoms with van der Waals surface area (Å²) in [7, 11) is 0. The molecule has 1 aromatic carbocycles. The van der Waals surface area contributed by atoms with Gasteiger partial charge in [0.2, 0.25) is 11.7 Å². The van der Waals surface area contributed by atoms with Crippen molar-refractivity contribution < 1.29 is 4.79 Å². The minimum atomic E-state index is -0.0129. The molecule has 0 spiro atoms. The Balaban J connectivity index is 2.16. The van der Waals surface area contributed by atoms with Crippen molar-refractivity contribution in [3.8, 4) is 11.4 Å². The summed E-state index contributed by atoms with van der Waals surface area (Å²) in [5, 5.41) is 12.3. The van der Waals surface area contributed by atoms with E-state index >= 15 is 0 Å². The van der Waals surface area contributed by atoms with E-state index in [2.05, 4.69) is 31.3 Å². The highest BCUT2D eigenvalue weighted by Crippen LogP contribution is 2.24. The van der Waals surface area contributed by atoms with Gasteiger partial charge in [-0.1, -0.05) is 28.1 Å². The molecule has 2 rings (SSSR count). The molecule has 0 N–H and O–H groups in total. The molecule has 1 heterocycles. The first-order valence-corrected chi connectivity index (χ1v) is 8.03. The number of hydrogen-bond acceptors (Lipinski definition) is 4. The van der Waals surface area contributed by atoms with Gasteiger partial charge in [0.15, 0.2) is 0 Å². The smallest absolute Gasteiger partial charge is 0.246 e. The van der Waals surface area contributed by atoms with E-state index < -0.39 is 0 Å². The van der Waals surface area contributed by atoms with Crippen molar-refractivity contribution in [1.82, 2.24) is 25.1 Å². The quantitative estimate of drug-likeness (QED) is 0.816. The van der Waals surface area contributed by atoms with E-state index in [1.54, 1.807) is 0 Å². The highest BCUT2D eigenvalue weighted by Gasteiger charge is 2.21. The number of rotatable bonds is 5. The number of nitrogens with zero attached hydrogens (tertiary/aromatic N) is 5. The predicted octanol–water partition coefficient (Wildman–Crippen LogP) is 2.75. The molecular weight excluding hydrogens is 346 g/mol. The Morgan fingerprint density at radius 2 is 1.86 bits per heavy atom. The van der Waals surface area contributed by atoms with Gasteiger partial charge in [0.25, 0.3) is 0 Å². The lowest BCUT2D eigenvalue weighted by Gasteiger charge is -2.30. The second-order valence-corrected chi connectivity index (χ2v) is 6.47. The number of amides is 1. The van der Waals surface area contributed by atoms with Gasteiger partial charge in [0.05, 0.1) is 0 Å². The van der Waals surface area contributed by atoms with Crippen molar-refractivity contribution in [2.75, 3.05) is 0 Å². The van der Waals surface area contributed by atoms with Crippen LogP contribution in [0.25, 0.3) is 11.4 Å². The summed E-state index contributed by atoms with van der Waals surface area (Å²) in [5.74, 6) is 0.488. The third-order valence-electron chi connectivity index (χ3n) is 3.24. The minimum Gasteiger partial charge on any atom is -0.336 e. The fraction of sp³-hybridized carbons (Fsp3) is 0.467. The van der Waals surface area contributed by atoms with Gasteiger partial charge < -0.3 is 4.90 Å². The molecule has 1 aromatic heterocycles. The minimum absolute atomic E-state index is 0.0129. The van der Waals surface area contributed by atoms with Crippen LogP contribution in [-0.4, -0.2) is 43.1 Å². The van der Waals surface area contributed by atoms with Crippen LogP contribution in [0.5, 0.6) is 0 Å². The van der Waals surface area contributed by atoms with Crippen molar-refractivity contribution >= 4 is 21.8 Å².